The maximum atomic E-state index is 12.9. The Morgan fingerprint density at radius 3 is 2.28 bits per heavy atom. The number of methoxy groups -OCH3 is 2. The second-order valence-electron chi connectivity index (χ2n) is 5.89. The predicted octanol–water partition coefficient (Wildman–Crippen LogP) is 1.82. The largest absolute Gasteiger partial charge is 0.534 e. The van der Waals surface area contributed by atoms with Gasteiger partial charge in [0.2, 0.25) is 0 Å². The number of hydrogen-bond acceptors (Lipinski definition) is 8. The lowest BCUT2D eigenvalue weighted by Crippen LogP contribution is -2.41. The number of hydrogen-bond donors (Lipinski definition) is 1. The van der Waals surface area contributed by atoms with E-state index in [1.54, 1.807) is 0 Å². The first-order valence-electron chi connectivity index (χ1n) is 7.74. The van der Waals surface area contributed by atoms with E-state index in [4.69, 9.17) is 9.47 Å². The van der Waals surface area contributed by atoms with Gasteiger partial charge in [-0.3, -0.25) is 18.8 Å². The number of nitrogens with zero attached hydrogens (tertiary/aromatic N) is 2. The van der Waals surface area contributed by atoms with E-state index < -0.39 is 45.7 Å². The van der Waals surface area contributed by atoms with Gasteiger partial charge in [0.25, 0.3) is 11.8 Å². The summed E-state index contributed by atoms with van der Waals surface area (Å²) < 4.78 is 75.3. The maximum Gasteiger partial charge on any atom is 0.534 e. The van der Waals surface area contributed by atoms with E-state index in [0.29, 0.717) is 0 Å². The zero-order chi connectivity index (χ0) is 21.7. The monoisotopic (exact) mass is 454 g/mol. The van der Waals surface area contributed by atoms with E-state index in [1.165, 1.54) is 26.4 Å². The van der Waals surface area contributed by atoms with Gasteiger partial charge >= 0.3 is 15.6 Å². The van der Waals surface area contributed by atoms with E-state index in [1.807, 2.05) is 0 Å². The number of alkyl halides is 3. The summed E-state index contributed by atoms with van der Waals surface area (Å²) in [4.78, 5) is 26.4. The predicted molar refractivity (Wildman–Crippen MR) is 94.7 cm³/mol. The molecule has 2 aliphatic rings. The first-order valence-corrected chi connectivity index (χ1v) is 9.55. The highest BCUT2D eigenvalue weighted by Crippen LogP contribution is 2.41. The Kier molecular flexibility index (Phi) is 5.11. The molecule has 29 heavy (non-hydrogen) atoms. The van der Waals surface area contributed by atoms with Crippen LogP contribution in [0.4, 0.5) is 18.9 Å². The molecule has 158 valence electrons. The zero-order valence-electron chi connectivity index (χ0n) is 14.8. The second kappa shape index (κ2) is 7.02. The summed E-state index contributed by atoms with van der Waals surface area (Å²) in [5.41, 5.74) is -5.66. The van der Waals surface area contributed by atoms with Crippen LogP contribution in [0.5, 0.6) is 11.5 Å². The van der Waals surface area contributed by atoms with Crippen molar-refractivity contribution in [1.82, 2.24) is 4.90 Å². The van der Waals surface area contributed by atoms with E-state index in [-0.39, 0.29) is 22.7 Å². The molecule has 1 atom stereocenters. The smallest absolute Gasteiger partial charge is 0.493 e. The summed E-state index contributed by atoms with van der Waals surface area (Å²) in [6.45, 7) is 0. The third-order valence-corrected chi connectivity index (χ3v) is 5.62. The van der Waals surface area contributed by atoms with Crippen molar-refractivity contribution in [2.45, 2.75) is 18.0 Å². The Balaban J connectivity index is 2.05. The van der Waals surface area contributed by atoms with Crippen molar-refractivity contribution in [2.24, 2.45) is 0 Å². The molecule has 1 aromatic rings. The molecular weight excluding hydrogens is 441 g/mol. The molecular formula is C15H13F3N2O7S2. The fourth-order valence-corrected chi connectivity index (χ4v) is 3.64. The number of fused-ring (bicyclic) bond motifs is 2. The van der Waals surface area contributed by atoms with Crippen LogP contribution < -0.4 is 13.8 Å². The molecule has 0 saturated heterocycles. The molecule has 0 fully saturated rings. The van der Waals surface area contributed by atoms with Gasteiger partial charge in [-0.05, 0) is 6.07 Å². The van der Waals surface area contributed by atoms with Gasteiger partial charge in [0, 0.05) is 18.7 Å². The summed E-state index contributed by atoms with van der Waals surface area (Å²) in [5.74, 6) is -1.92. The summed E-state index contributed by atoms with van der Waals surface area (Å²) in [7, 11) is -3.28. The Morgan fingerprint density at radius 1 is 1.14 bits per heavy atom. The first-order chi connectivity index (χ1) is 13.4. The van der Waals surface area contributed by atoms with Crippen molar-refractivity contribution in [2.75, 3.05) is 18.5 Å². The summed E-state index contributed by atoms with van der Waals surface area (Å²) in [5, 5.41) is 0. The lowest BCUT2D eigenvalue weighted by Gasteiger charge is -2.21. The minimum Gasteiger partial charge on any atom is -0.493 e. The van der Waals surface area contributed by atoms with Gasteiger partial charge in [0.05, 0.1) is 25.5 Å². The van der Waals surface area contributed by atoms with Crippen molar-refractivity contribution in [3.05, 3.63) is 29.7 Å². The highest BCUT2D eigenvalue weighted by molar-refractivity contribution is 7.87. The zero-order valence-corrected chi connectivity index (χ0v) is 16.5. The van der Waals surface area contributed by atoms with Crippen LogP contribution in [0.3, 0.4) is 0 Å². The van der Waals surface area contributed by atoms with E-state index >= 15 is 0 Å². The Bertz CT molecular complexity index is 1020. The SMILES string of the molecule is COc1cc2c(cc1OC)N(S)C(=O)[C@@H]1CC(OS(=O)(=O)C(F)(F)F)=CN1C2=O. The minimum atomic E-state index is -5.95. The summed E-state index contributed by atoms with van der Waals surface area (Å²) in [6.07, 6.45) is 0.167. The van der Waals surface area contributed by atoms with Gasteiger partial charge in [-0.2, -0.15) is 21.6 Å². The average molecular weight is 454 g/mol. The topological polar surface area (TPSA) is 102 Å². The highest BCUT2D eigenvalue weighted by Gasteiger charge is 2.51. The van der Waals surface area contributed by atoms with Crippen LogP contribution >= 0.6 is 12.8 Å². The third kappa shape index (κ3) is 3.46. The minimum absolute atomic E-state index is 0.0640. The molecule has 2 amide bonds. The second-order valence-corrected chi connectivity index (χ2v) is 7.82. The number of anilines is 1. The highest BCUT2D eigenvalue weighted by atomic mass is 32.2. The number of halogens is 3. The average Bonchev–Trinajstić information content (AvgIpc) is 3.04. The molecule has 0 bridgehead atoms. The number of rotatable bonds is 4. The molecule has 0 spiro atoms. The molecule has 2 aliphatic heterocycles. The van der Waals surface area contributed by atoms with Crippen LogP contribution in [0.2, 0.25) is 0 Å². The fraction of sp³-hybridized carbons (Fsp3) is 0.333. The van der Waals surface area contributed by atoms with Gasteiger partial charge in [-0.25, -0.2) is 0 Å². The maximum absolute atomic E-state index is 12.9. The number of thiol groups is 1. The summed E-state index contributed by atoms with van der Waals surface area (Å²) >= 11 is 4.08. The van der Waals surface area contributed by atoms with Crippen LogP contribution in [-0.4, -0.2) is 50.9 Å². The van der Waals surface area contributed by atoms with Gasteiger partial charge in [0.15, 0.2) is 11.5 Å². The number of carbonyl (C=O) groups excluding carboxylic acids is 2. The van der Waals surface area contributed by atoms with Crippen molar-refractivity contribution < 1.29 is 44.8 Å². The molecule has 1 aromatic carbocycles. The fourth-order valence-electron chi connectivity index (χ4n) is 2.85. The molecule has 9 nitrogen and oxygen atoms in total. The van der Waals surface area contributed by atoms with Crippen molar-refractivity contribution in [3.63, 3.8) is 0 Å². The summed E-state index contributed by atoms with van der Waals surface area (Å²) in [6, 6.07) is 1.27. The van der Waals surface area contributed by atoms with Crippen LogP contribution in [0.15, 0.2) is 24.1 Å². The van der Waals surface area contributed by atoms with Crippen LogP contribution in [0.1, 0.15) is 16.8 Å². The molecule has 14 heteroatoms. The molecule has 0 aliphatic carbocycles. The molecule has 0 radical (unpaired) electrons. The van der Waals surface area contributed by atoms with Crippen LogP contribution in [0.25, 0.3) is 0 Å². The lowest BCUT2D eigenvalue weighted by molar-refractivity contribution is -0.120. The Morgan fingerprint density at radius 2 is 1.72 bits per heavy atom. The van der Waals surface area contributed by atoms with Crippen LogP contribution in [0, 0.1) is 0 Å². The Hall–Kier alpha value is -2.61. The number of carbonyl (C=O) groups is 2. The number of ether oxygens (including phenoxy) is 2. The van der Waals surface area contributed by atoms with E-state index in [9.17, 15) is 31.2 Å². The number of amides is 2. The number of benzene rings is 1. The molecule has 2 heterocycles. The molecule has 0 N–H and O–H groups in total. The standard InChI is InChI=1S/C15H13F3N2O7S2/c1-25-11-4-8-9(5-12(11)26-2)20(28)14(22)10-3-7(6-19(10)13(8)21)27-29(23,24)15(16,17)18/h4-6,10,28H,3H2,1-2H3/t10-/m0/s1. The van der Waals surface area contributed by atoms with Gasteiger partial charge in [-0.1, -0.05) is 12.8 Å². The lowest BCUT2D eigenvalue weighted by atomic mass is 10.1. The van der Waals surface area contributed by atoms with Gasteiger partial charge in [0.1, 0.15) is 11.8 Å². The molecule has 0 unspecified atom stereocenters. The van der Waals surface area contributed by atoms with E-state index in [2.05, 4.69) is 17.0 Å². The quantitative estimate of drug-likeness (QED) is 0.421. The third-order valence-electron chi connectivity index (χ3n) is 4.20. The van der Waals surface area contributed by atoms with Crippen molar-refractivity contribution in [1.29, 1.82) is 0 Å². The van der Waals surface area contributed by atoms with Gasteiger partial charge in [-0.15, -0.1) is 0 Å². The normalized spacial score (nSPS) is 19.4. The van der Waals surface area contributed by atoms with Crippen molar-refractivity contribution in [3.8, 4) is 11.5 Å². The first kappa shape index (κ1) is 21.1. The van der Waals surface area contributed by atoms with E-state index in [0.717, 1.165) is 15.4 Å². The molecule has 0 aromatic heterocycles. The van der Waals surface area contributed by atoms with Crippen molar-refractivity contribution >= 4 is 40.4 Å². The molecule has 3 rings (SSSR count). The Labute approximate surface area is 168 Å². The molecule has 0 saturated carbocycles. The van der Waals surface area contributed by atoms with Crippen LogP contribution in [-0.2, 0) is 19.1 Å². The van der Waals surface area contributed by atoms with Gasteiger partial charge < -0.3 is 13.7 Å².